The van der Waals surface area contributed by atoms with Crippen molar-refractivity contribution in [2.24, 2.45) is 0 Å². The van der Waals surface area contributed by atoms with Crippen molar-refractivity contribution in [3.8, 4) is 0 Å². The molecule has 0 radical (unpaired) electrons. The lowest BCUT2D eigenvalue weighted by Crippen LogP contribution is -2.45. The SMILES string of the molecule is C/C=C\[C@@H]1CC[C@H]2C(O)=C(C(=O)OCC[Si](C)(C)C)CC(=O)N12. The second kappa shape index (κ2) is 6.91. The highest BCUT2D eigenvalue weighted by atomic mass is 28.3. The van der Waals surface area contributed by atoms with E-state index in [9.17, 15) is 14.7 Å². The fourth-order valence-corrected chi connectivity index (χ4v) is 3.84. The first-order valence-electron chi connectivity index (χ1n) is 8.27. The average molecular weight is 337 g/mol. The Morgan fingerprint density at radius 1 is 1.39 bits per heavy atom. The molecule has 1 N–H and O–H groups in total. The maximum atomic E-state index is 12.4. The number of allylic oxidation sites excluding steroid dienone is 1. The molecule has 0 aromatic heterocycles. The van der Waals surface area contributed by atoms with Gasteiger partial charge in [-0.15, -0.1) is 0 Å². The van der Waals surface area contributed by atoms with Gasteiger partial charge in [-0.05, 0) is 25.8 Å². The zero-order chi connectivity index (χ0) is 17.2. The number of aliphatic hydroxyl groups is 1. The second-order valence-corrected chi connectivity index (χ2v) is 13.1. The van der Waals surface area contributed by atoms with E-state index in [1.165, 1.54) is 0 Å². The Kier molecular flexibility index (Phi) is 5.34. The molecule has 0 saturated carbocycles. The molecule has 1 fully saturated rings. The van der Waals surface area contributed by atoms with Crippen LogP contribution < -0.4 is 0 Å². The van der Waals surface area contributed by atoms with Crippen LogP contribution in [0.3, 0.4) is 0 Å². The van der Waals surface area contributed by atoms with Crippen molar-refractivity contribution in [1.29, 1.82) is 0 Å². The number of carbonyl (C=O) groups excluding carboxylic acids is 2. The van der Waals surface area contributed by atoms with Crippen LogP contribution in [-0.2, 0) is 14.3 Å². The second-order valence-electron chi connectivity index (χ2n) is 7.47. The molecule has 6 heteroatoms. The maximum absolute atomic E-state index is 12.4. The summed E-state index contributed by atoms with van der Waals surface area (Å²) in [5.74, 6) is -0.622. The summed E-state index contributed by atoms with van der Waals surface area (Å²) >= 11 is 0. The molecule has 0 aromatic carbocycles. The number of fused-ring (bicyclic) bond motifs is 1. The van der Waals surface area contributed by atoms with Crippen molar-refractivity contribution in [3.63, 3.8) is 0 Å². The number of rotatable bonds is 5. The monoisotopic (exact) mass is 337 g/mol. The van der Waals surface area contributed by atoms with Crippen molar-refractivity contribution in [1.82, 2.24) is 4.90 Å². The molecule has 2 atom stereocenters. The van der Waals surface area contributed by atoms with Crippen molar-refractivity contribution in [2.45, 2.75) is 64.0 Å². The summed E-state index contributed by atoms with van der Waals surface area (Å²) in [5.41, 5.74) is 0.146. The molecule has 1 amide bonds. The van der Waals surface area contributed by atoms with Gasteiger partial charge in [0.05, 0.1) is 30.7 Å². The summed E-state index contributed by atoms with van der Waals surface area (Å²) in [6.45, 7) is 8.90. The lowest BCUT2D eigenvalue weighted by molar-refractivity contribution is -0.143. The van der Waals surface area contributed by atoms with Crippen LogP contribution in [0.4, 0.5) is 0 Å². The highest BCUT2D eigenvalue weighted by molar-refractivity contribution is 6.76. The van der Waals surface area contributed by atoms with Crippen molar-refractivity contribution >= 4 is 20.0 Å². The van der Waals surface area contributed by atoms with E-state index in [0.717, 1.165) is 12.5 Å². The molecule has 0 bridgehead atoms. The van der Waals surface area contributed by atoms with E-state index in [1.54, 1.807) is 4.90 Å². The highest BCUT2D eigenvalue weighted by Gasteiger charge is 2.44. The molecule has 128 valence electrons. The van der Waals surface area contributed by atoms with Crippen LogP contribution in [0.25, 0.3) is 0 Å². The normalized spacial score (nSPS) is 25.2. The lowest BCUT2D eigenvalue weighted by Gasteiger charge is -2.33. The fraction of sp³-hybridized carbons (Fsp3) is 0.647. The van der Waals surface area contributed by atoms with Gasteiger partial charge < -0.3 is 14.7 Å². The largest absolute Gasteiger partial charge is 0.510 e. The van der Waals surface area contributed by atoms with Crippen molar-refractivity contribution in [2.75, 3.05) is 6.61 Å². The van der Waals surface area contributed by atoms with Crippen molar-refractivity contribution in [3.05, 3.63) is 23.5 Å². The molecule has 5 nitrogen and oxygen atoms in total. The van der Waals surface area contributed by atoms with E-state index in [4.69, 9.17) is 4.74 Å². The van der Waals surface area contributed by atoms with E-state index < -0.39 is 14.0 Å². The molecule has 2 aliphatic heterocycles. The number of amides is 1. The molecule has 0 spiro atoms. The van der Waals surface area contributed by atoms with Crippen LogP contribution >= 0.6 is 0 Å². The van der Waals surface area contributed by atoms with E-state index >= 15 is 0 Å². The number of hydrogen-bond acceptors (Lipinski definition) is 4. The first-order valence-corrected chi connectivity index (χ1v) is 12.0. The summed E-state index contributed by atoms with van der Waals surface area (Å²) in [6.07, 6.45) is 5.31. The summed E-state index contributed by atoms with van der Waals surface area (Å²) in [4.78, 5) is 26.3. The number of carbonyl (C=O) groups is 2. The van der Waals surface area contributed by atoms with Gasteiger partial charge in [0.1, 0.15) is 5.76 Å². The summed E-state index contributed by atoms with van der Waals surface area (Å²) in [5, 5.41) is 10.4. The Morgan fingerprint density at radius 3 is 2.70 bits per heavy atom. The van der Waals surface area contributed by atoms with Gasteiger partial charge in [-0.3, -0.25) is 4.79 Å². The number of nitrogens with zero attached hydrogens (tertiary/aromatic N) is 1. The van der Waals surface area contributed by atoms with Gasteiger partial charge in [-0.1, -0.05) is 31.8 Å². The van der Waals surface area contributed by atoms with Gasteiger partial charge in [0.15, 0.2) is 0 Å². The van der Waals surface area contributed by atoms with Gasteiger partial charge >= 0.3 is 5.97 Å². The minimum absolute atomic E-state index is 0.0177. The van der Waals surface area contributed by atoms with Crippen LogP contribution in [0.1, 0.15) is 26.2 Å². The third kappa shape index (κ3) is 4.05. The predicted octanol–water partition coefficient (Wildman–Crippen LogP) is 3.02. The highest BCUT2D eigenvalue weighted by Crippen LogP contribution is 2.35. The zero-order valence-electron chi connectivity index (χ0n) is 14.5. The Bertz CT molecular complexity index is 547. The van der Waals surface area contributed by atoms with Crippen LogP contribution in [-0.4, -0.2) is 48.6 Å². The van der Waals surface area contributed by atoms with Gasteiger partial charge in [0, 0.05) is 8.07 Å². The quantitative estimate of drug-likeness (QED) is 0.476. The zero-order valence-corrected chi connectivity index (χ0v) is 15.5. The molecule has 2 rings (SSSR count). The Labute approximate surface area is 139 Å². The number of hydrogen-bond donors (Lipinski definition) is 1. The molecular weight excluding hydrogens is 310 g/mol. The molecule has 0 unspecified atom stereocenters. The molecular formula is C17H27NO4Si. The number of aliphatic hydroxyl groups excluding tert-OH is 1. The van der Waals surface area contributed by atoms with E-state index in [2.05, 4.69) is 19.6 Å². The van der Waals surface area contributed by atoms with Gasteiger partial charge in [-0.25, -0.2) is 4.79 Å². The molecule has 23 heavy (non-hydrogen) atoms. The molecule has 0 aromatic rings. The minimum atomic E-state index is -1.28. The third-order valence-corrected chi connectivity index (χ3v) is 6.12. The average Bonchev–Trinajstić information content (AvgIpc) is 2.86. The van der Waals surface area contributed by atoms with Gasteiger partial charge in [0.2, 0.25) is 5.91 Å². The molecule has 0 aliphatic carbocycles. The lowest BCUT2D eigenvalue weighted by atomic mass is 10.00. The Morgan fingerprint density at radius 2 is 2.09 bits per heavy atom. The summed E-state index contributed by atoms with van der Waals surface area (Å²) in [6, 6.07) is 0.515. The standard InChI is InChI=1S/C17H27NO4Si/c1-5-6-12-7-8-14-16(20)13(11-15(19)18(12)14)17(21)22-9-10-23(2,3)4/h5-6,12,14,20H,7-11H2,1-4H3/b6-5-/t12-,14+/m1/s1. The molecule has 1 saturated heterocycles. The van der Waals surface area contributed by atoms with Crippen LogP contribution in [0, 0.1) is 0 Å². The van der Waals surface area contributed by atoms with Crippen LogP contribution in [0.15, 0.2) is 23.5 Å². The van der Waals surface area contributed by atoms with Crippen LogP contribution in [0.5, 0.6) is 0 Å². The van der Waals surface area contributed by atoms with Gasteiger partial charge in [0.25, 0.3) is 0 Å². The maximum Gasteiger partial charge on any atom is 0.338 e. The van der Waals surface area contributed by atoms with Crippen molar-refractivity contribution < 1.29 is 19.4 Å². The fourth-order valence-electron chi connectivity index (χ4n) is 3.12. The first kappa shape index (κ1) is 17.8. The summed E-state index contributed by atoms with van der Waals surface area (Å²) < 4.78 is 5.29. The Hall–Kier alpha value is -1.56. The molecule has 2 aliphatic rings. The van der Waals surface area contributed by atoms with E-state index in [0.29, 0.717) is 13.0 Å². The third-order valence-electron chi connectivity index (χ3n) is 4.42. The number of ether oxygens (including phenoxy) is 1. The van der Waals surface area contributed by atoms with Crippen LogP contribution in [0.2, 0.25) is 25.7 Å². The summed E-state index contributed by atoms with van der Waals surface area (Å²) in [7, 11) is -1.28. The van der Waals surface area contributed by atoms with E-state index in [-0.39, 0.29) is 35.7 Å². The Balaban J connectivity index is 2.09. The number of esters is 1. The first-order chi connectivity index (χ1) is 10.7. The van der Waals surface area contributed by atoms with E-state index in [1.807, 2.05) is 19.1 Å². The topological polar surface area (TPSA) is 66.8 Å². The molecule has 2 heterocycles. The predicted molar refractivity (Wildman–Crippen MR) is 91.9 cm³/mol. The van der Waals surface area contributed by atoms with Gasteiger partial charge in [-0.2, -0.15) is 0 Å². The smallest absolute Gasteiger partial charge is 0.338 e. The minimum Gasteiger partial charge on any atom is -0.510 e.